The van der Waals surface area contributed by atoms with E-state index in [0.29, 0.717) is 13.2 Å². The molecule has 0 aliphatic carbocycles. The molecule has 2 saturated heterocycles. The van der Waals surface area contributed by atoms with Crippen LogP contribution >= 0.6 is 0 Å². The van der Waals surface area contributed by atoms with E-state index in [4.69, 9.17) is 19.9 Å². The van der Waals surface area contributed by atoms with Crippen molar-refractivity contribution in [2.45, 2.75) is 18.6 Å². The molecular formula is C9H17NO3. The van der Waals surface area contributed by atoms with Gasteiger partial charge >= 0.3 is 0 Å². The Morgan fingerprint density at radius 2 is 2.00 bits per heavy atom. The standard InChI is InChI=1S/C9H17NO3/c10-6-8-7-11-5-2-9(8)12-3-1-4-13-9/h8H,1-7,10H2. The first-order chi connectivity index (χ1) is 6.37. The van der Waals surface area contributed by atoms with Crippen LogP contribution in [0.2, 0.25) is 0 Å². The fourth-order valence-corrected chi connectivity index (χ4v) is 1.99. The number of nitrogens with two attached hydrogens (primary N) is 1. The summed E-state index contributed by atoms with van der Waals surface area (Å²) >= 11 is 0. The summed E-state index contributed by atoms with van der Waals surface area (Å²) in [6.45, 7) is 3.53. The number of hydrogen-bond acceptors (Lipinski definition) is 4. The molecule has 2 heterocycles. The van der Waals surface area contributed by atoms with E-state index >= 15 is 0 Å². The van der Waals surface area contributed by atoms with E-state index in [-0.39, 0.29) is 5.92 Å². The highest BCUT2D eigenvalue weighted by molar-refractivity contribution is 4.85. The molecule has 13 heavy (non-hydrogen) atoms. The van der Waals surface area contributed by atoms with E-state index in [1.807, 2.05) is 0 Å². The Morgan fingerprint density at radius 1 is 1.23 bits per heavy atom. The fraction of sp³-hybridized carbons (Fsp3) is 1.00. The molecule has 2 rings (SSSR count). The van der Waals surface area contributed by atoms with Crippen LogP contribution in [0, 0.1) is 5.92 Å². The molecule has 1 atom stereocenters. The van der Waals surface area contributed by atoms with Crippen LogP contribution in [0.4, 0.5) is 0 Å². The summed E-state index contributed by atoms with van der Waals surface area (Å²) in [5, 5.41) is 0. The predicted octanol–water partition coefficient (Wildman–Crippen LogP) is 0.115. The SMILES string of the molecule is NCC1COCCC12OCCCO2. The van der Waals surface area contributed by atoms with Crippen LogP contribution in [0.1, 0.15) is 12.8 Å². The molecule has 0 aromatic rings. The molecule has 0 aromatic heterocycles. The van der Waals surface area contributed by atoms with Crippen molar-refractivity contribution in [3.05, 3.63) is 0 Å². The first-order valence-electron chi connectivity index (χ1n) is 4.93. The van der Waals surface area contributed by atoms with Crippen molar-refractivity contribution >= 4 is 0 Å². The van der Waals surface area contributed by atoms with Gasteiger partial charge in [-0.2, -0.15) is 0 Å². The van der Waals surface area contributed by atoms with Crippen LogP contribution in [-0.2, 0) is 14.2 Å². The van der Waals surface area contributed by atoms with Gasteiger partial charge in [0.25, 0.3) is 0 Å². The Labute approximate surface area is 78.3 Å². The molecule has 1 unspecified atom stereocenters. The Morgan fingerprint density at radius 3 is 2.69 bits per heavy atom. The molecule has 0 saturated carbocycles. The Hall–Kier alpha value is -0.160. The highest BCUT2D eigenvalue weighted by atomic mass is 16.7. The summed E-state index contributed by atoms with van der Waals surface area (Å²) in [7, 11) is 0. The molecule has 2 fully saturated rings. The minimum Gasteiger partial charge on any atom is -0.381 e. The van der Waals surface area contributed by atoms with Crippen molar-refractivity contribution in [3.63, 3.8) is 0 Å². The van der Waals surface area contributed by atoms with Crippen molar-refractivity contribution in [2.24, 2.45) is 11.7 Å². The van der Waals surface area contributed by atoms with Gasteiger partial charge in [-0.05, 0) is 6.42 Å². The van der Waals surface area contributed by atoms with Gasteiger partial charge in [-0.1, -0.05) is 0 Å². The zero-order valence-corrected chi connectivity index (χ0v) is 7.83. The van der Waals surface area contributed by atoms with Gasteiger partial charge in [-0.25, -0.2) is 0 Å². The van der Waals surface area contributed by atoms with E-state index < -0.39 is 5.79 Å². The zero-order chi connectivity index (χ0) is 9.15. The third-order valence-corrected chi connectivity index (χ3v) is 2.80. The first kappa shape index (κ1) is 9.40. The minimum absolute atomic E-state index is 0.196. The van der Waals surface area contributed by atoms with Gasteiger partial charge in [0, 0.05) is 18.9 Å². The second-order valence-corrected chi connectivity index (χ2v) is 3.62. The lowest BCUT2D eigenvalue weighted by molar-refractivity contribution is -0.318. The largest absolute Gasteiger partial charge is 0.381 e. The average Bonchev–Trinajstić information content (AvgIpc) is 2.20. The average molecular weight is 187 g/mol. The van der Waals surface area contributed by atoms with Crippen molar-refractivity contribution in [2.75, 3.05) is 33.0 Å². The minimum atomic E-state index is -0.425. The number of hydrogen-bond donors (Lipinski definition) is 1. The lowest BCUT2D eigenvalue weighted by atomic mass is 9.93. The Kier molecular flexibility index (Phi) is 2.83. The lowest BCUT2D eigenvalue weighted by Gasteiger charge is -2.45. The van der Waals surface area contributed by atoms with Crippen LogP contribution in [0.15, 0.2) is 0 Å². The molecule has 2 aliphatic heterocycles. The summed E-state index contributed by atoms with van der Waals surface area (Å²) < 4.78 is 16.8. The molecule has 4 heteroatoms. The highest BCUT2D eigenvalue weighted by Crippen LogP contribution is 2.33. The predicted molar refractivity (Wildman–Crippen MR) is 47.2 cm³/mol. The monoisotopic (exact) mass is 187 g/mol. The number of rotatable bonds is 1. The molecule has 0 radical (unpaired) electrons. The topological polar surface area (TPSA) is 53.7 Å². The van der Waals surface area contributed by atoms with Crippen LogP contribution in [0.5, 0.6) is 0 Å². The third-order valence-electron chi connectivity index (χ3n) is 2.80. The van der Waals surface area contributed by atoms with Crippen LogP contribution in [0.3, 0.4) is 0 Å². The first-order valence-corrected chi connectivity index (χ1v) is 4.93. The second kappa shape index (κ2) is 3.92. The maximum Gasteiger partial charge on any atom is 0.176 e. The number of ether oxygens (including phenoxy) is 3. The molecule has 2 aliphatic rings. The van der Waals surface area contributed by atoms with Gasteiger partial charge in [0.05, 0.1) is 26.4 Å². The van der Waals surface area contributed by atoms with Crippen molar-refractivity contribution in [1.29, 1.82) is 0 Å². The zero-order valence-electron chi connectivity index (χ0n) is 7.83. The van der Waals surface area contributed by atoms with E-state index in [2.05, 4.69) is 0 Å². The summed E-state index contributed by atoms with van der Waals surface area (Å²) in [5.74, 6) is -0.229. The summed E-state index contributed by atoms with van der Waals surface area (Å²) in [6, 6.07) is 0. The molecule has 0 bridgehead atoms. The lowest BCUT2D eigenvalue weighted by Crippen LogP contribution is -2.54. The van der Waals surface area contributed by atoms with Gasteiger partial charge in [0.2, 0.25) is 0 Å². The third kappa shape index (κ3) is 1.72. The molecular weight excluding hydrogens is 170 g/mol. The summed E-state index contributed by atoms with van der Waals surface area (Å²) in [5.41, 5.74) is 5.67. The maximum atomic E-state index is 5.73. The van der Waals surface area contributed by atoms with Gasteiger partial charge < -0.3 is 19.9 Å². The van der Waals surface area contributed by atoms with E-state index in [1.54, 1.807) is 0 Å². The van der Waals surface area contributed by atoms with Gasteiger partial charge in [-0.15, -0.1) is 0 Å². The molecule has 0 amide bonds. The smallest absolute Gasteiger partial charge is 0.176 e. The fourth-order valence-electron chi connectivity index (χ4n) is 1.99. The van der Waals surface area contributed by atoms with Gasteiger partial charge in [0.1, 0.15) is 0 Å². The van der Waals surface area contributed by atoms with Crippen LogP contribution in [0.25, 0.3) is 0 Å². The maximum absolute atomic E-state index is 5.73. The van der Waals surface area contributed by atoms with Gasteiger partial charge in [-0.3, -0.25) is 0 Å². The summed E-state index contributed by atoms with van der Waals surface area (Å²) in [6.07, 6.45) is 1.80. The summed E-state index contributed by atoms with van der Waals surface area (Å²) in [4.78, 5) is 0. The normalized spacial score (nSPS) is 33.5. The second-order valence-electron chi connectivity index (χ2n) is 3.62. The Bertz CT molecular complexity index is 160. The molecule has 76 valence electrons. The van der Waals surface area contributed by atoms with Crippen molar-refractivity contribution in [1.82, 2.24) is 0 Å². The van der Waals surface area contributed by atoms with E-state index in [0.717, 1.165) is 32.7 Å². The van der Waals surface area contributed by atoms with Crippen LogP contribution < -0.4 is 5.73 Å². The molecule has 2 N–H and O–H groups in total. The van der Waals surface area contributed by atoms with Crippen molar-refractivity contribution < 1.29 is 14.2 Å². The Balaban J connectivity index is 2.06. The molecule has 1 spiro atoms. The molecule has 0 aromatic carbocycles. The quantitative estimate of drug-likeness (QED) is 0.633. The van der Waals surface area contributed by atoms with E-state index in [1.165, 1.54) is 0 Å². The highest BCUT2D eigenvalue weighted by Gasteiger charge is 2.44. The molecule has 4 nitrogen and oxygen atoms in total. The van der Waals surface area contributed by atoms with Crippen molar-refractivity contribution in [3.8, 4) is 0 Å². The van der Waals surface area contributed by atoms with Gasteiger partial charge in [0.15, 0.2) is 5.79 Å². The van der Waals surface area contributed by atoms with Crippen LogP contribution in [-0.4, -0.2) is 38.8 Å². The van der Waals surface area contributed by atoms with E-state index in [9.17, 15) is 0 Å².